The number of alkyl carbamates (subject to hydrolysis) is 1. The first-order valence-corrected chi connectivity index (χ1v) is 13.4. The Balaban J connectivity index is 1.44. The lowest BCUT2D eigenvalue weighted by Gasteiger charge is -2.36. The lowest BCUT2D eigenvalue weighted by Crippen LogP contribution is -2.42. The number of aromatic amines is 1. The Kier molecular flexibility index (Phi) is 8.42. The highest BCUT2D eigenvalue weighted by Crippen LogP contribution is 2.37. The Hall–Kier alpha value is -3.30. The highest BCUT2D eigenvalue weighted by atomic mass is 35.5. The predicted molar refractivity (Wildman–Crippen MR) is 151 cm³/mol. The molecule has 2 amide bonds. The van der Waals surface area contributed by atoms with Gasteiger partial charge in [-0.2, -0.15) is 0 Å². The molecule has 11 heteroatoms. The largest absolute Gasteiger partial charge is 0.444 e. The molecule has 2 heterocycles. The second-order valence-corrected chi connectivity index (χ2v) is 11.4. The number of pyridine rings is 1. The normalized spacial score (nSPS) is 15.2. The molecule has 0 saturated carbocycles. The molecule has 0 aliphatic carbocycles. The predicted octanol–water partition coefficient (Wildman–Crippen LogP) is 5.60. The van der Waals surface area contributed by atoms with Crippen molar-refractivity contribution in [3.8, 4) is 0 Å². The van der Waals surface area contributed by atoms with Gasteiger partial charge in [0.15, 0.2) is 0 Å². The molecule has 39 heavy (non-hydrogen) atoms. The van der Waals surface area contributed by atoms with Crippen molar-refractivity contribution in [3.63, 3.8) is 0 Å². The topological polar surface area (TPSA) is 104 Å². The van der Waals surface area contributed by atoms with Gasteiger partial charge in [-0.3, -0.25) is 9.59 Å². The van der Waals surface area contributed by atoms with Crippen LogP contribution in [0.1, 0.15) is 50.6 Å². The lowest BCUT2D eigenvalue weighted by molar-refractivity contribution is -0.131. The van der Waals surface area contributed by atoms with Gasteiger partial charge in [0, 0.05) is 35.2 Å². The number of rotatable bonds is 6. The number of hydrogen-bond donors (Lipinski definition) is 3. The van der Waals surface area contributed by atoms with Crippen molar-refractivity contribution in [2.45, 2.75) is 52.2 Å². The highest BCUT2D eigenvalue weighted by molar-refractivity contribution is 6.35. The number of carbonyl (C=O) groups is 2. The molecule has 8 nitrogen and oxygen atoms in total. The summed E-state index contributed by atoms with van der Waals surface area (Å²) in [6.07, 6.45) is 0.400. The van der Waals surface area contributed by atoms with Crippen LogP contribution in [-0.4, -0.2) is 47.1 Å². The van der Waals surface area contributed by atoms with Crippen molar-refractivity contribution in [2.24, 2.45) is 0 Å². The molecule has 0 spiro atoms. The van der Waals surface area contributed by atoms with Crippen LogP contribution in [0.15, 0.2) is 35.1 Å². The summed E-state index contributed by atoms with van der Waals surface area (Å²) in [7, 11) is 0. The van der Waals surface area contributed by atoms with Crippen LogP contribution >= 0.6 is 23.2 Å². The second kappa shape index (κ2) is 11.4. The van der Waals surface area contributed by atoms with Crippen LogP contribution in [0.4, 0.5) is 14.9 Å². The molecule has 2 aromatic carbocycles. The zero-order valence-electron chi connectivity index (χ0n) is 22.2. The summed E-state index contributed by atoms with van der Waals surface area (Å²) in [6.45, 7) is 7.80. The third-order valence-electron chi connectivity index (χ3n) is 6.49. The van der Waals surface area contributed by atoms with Gasteiger partial charge in [-0.15, -0.1) is 0 Å². The molecule has 4 rings (SSSR count). The summed E-state index contributed by atoms with van der Waals surface area (Å²) < 4.78 is 20.1. The Labute approximate surface area is 235 Å². The van der Waals surface area contributed by atoms with Crippen molar-refractivity contribution in [1.82, 2.24) is 15.2 Å². The van der Waals surface area contributed by atoms with E-state index in [4.69, 9.17) is 27.9 Å². The molecule has 1 aliphatic rings. The van der Waals surface area contributed by atoms with E-state index in [0.29, 0.717) is 40.5 Å². The van der Waals surface area contributed by atoms with Gasteiger partial charge < -0.3 is 25.3 Å². The summed E-state index contributed by atoms with van der Waals surface area (Å²) >= 11 is 12.5. The number of hydrogen-bond acceptors (Lipinski definition) is 5. The first kappa shape index (κ1) is 28.7. The lowest BCUT2D eigenvalue weighted by atomic mass is 9.93. The van der Waals surface area contributed by atoms with Crippen molar-refractivity contribution < 1.29 is 18.7 Å². The average Bonchev–Trinajstić information content (AvgIpc) is 2.81. The smallest absolute Gasteiger partial charge is 0.407 e. The quantitative estimate of drug-likeness (QED) is 0.354. The number of H-pyrrole nitrogens is 1. The number of fused-ring (bicyclic) bond motifs is 2. The highest BCUT2D eigenvalue weighted by Gasteiger charge is 2.29. The fourth-order valence-electron chi connectivity index (χ4n) is 4.74. The molecule has 0 radical (unpaired) electrons. The number of nitrogens with zero attached hydrogens (tertiary/aromatic N) is 1. The number of anilines is 1. The maximum absolute atomic E-state index is 14.9. The molecule has 0 fully saturated rings. The van der Waals surface area contributed by atoms with Crippen LogP contribution in [0.25, 0.3) is 10.8 Å². The third kappa shape index (κ3) is 6.83. The molecule has 3 aromatic rings. The molecule has 1 atom stereocenters. The van der Waals surface area contributed by atoms with E-state index in [2.05, 4.69) is 15.6 Å². The van der Waals surface area contributed by atoms with E-state index >= 15 is 0 Å². The van der Waals surface area contributed by atoms with Gasteiger partial charge in [0.2, 0.25) is 5.91 Å². The minimum Gasteiger partial charge on any atom is -0.444 e. The van der Waals surface area contributed by atoms with E-state index in [0.717, 1.165) is 17.2 Å². The van der Waals surface area contributed by atoms with E-state index < -0.39 is 23.1 Å². The van der Waals surface area contributed by atoms with Gasteiger partial charge in [-0.1, -0.05) is 23.2 Å². The van der Waals surface area contributed by atoms with Crippen molar-refractivity contribution in [1.29, 1.82) is 0 Å². The first-order chi connectivity index (χ1) is 18.3. The second-order valence-electron chi connectivity index (χ2n) is 10.5. The Morgan fingerprint density at radius 1 is 1.18 bits per heavy atom. The summed E-state index contributed by atoms with van der Waals surface area (Å²) in [5, 5.41) is 7.28. The van der Waals surface area contributed by atoms with Gasteiger partial charge >= 0.3 is 6.09 Å². The van der Waals surface area contributed by atoms with Gasteiger partial charge in [0.25, 0.3) is 5.56 Å². The Morgan fingerprint density at radius 2 is 1.92 bits per heavy atom. The van der Waals surface area contributed by atoms with Crippen LogP contribution < -0.4 is 16.2 Å². The van der Waals surface area contributed by atoms with Gasteiger partial charge in [0.1, 0.15) is 11.4 Å². The van der Waals surface area contributed by atoms with Gasteiger partial charge in [-0.05, 0) is 81.0 Å². The molecule has 0 saturated heterocycles. The molecule has 1 unspecified atom stereocenters. The van der Waals surface area contributed by atoms with Crippen LogP contribution in [0.2, 0.25) is 10.0 Å². The van der Waals surface area contributed by atoms with Crippen LogP contribution in [0, 0.1) is 5.82 Å². The molecule has 3 N–H and O–H groups in total. The van der Waals surface area contributed by atoms with Gasteiger partial charge in [-0.25, -0.2) is 9.18 Å². The third-order valence-corrected chi connectivity index (χ3v) is 7.02. The number of nitrogens with one attached hydrogen (secondary N) is 3. The summed E-state index contributed by atoms with van der Waals surface area (Å²) in [6, 6.07) is 7.64. The number of amides is 2. The van der Waals surface area contributed by atoms with E-state index in [1.807, 2.05) is 13.0 Å². The minimum atomic E-state index is -0.644. The van der Waals surface area contributed by atoms with Gasteiger partial charge in [0.05, 0.1) is 23.7 Å². The fourth-order valence-corrected chi connectivity index (χ4v) is 5.44. The van der Waals surface area contributed by atoms with E-state index in [-0.39, 0.29) is 36.1 Å². The first-order valence-electron chi connectivity index (χ1n) is 12.7. The maximum atomic E-state index is 14.9. The zero-order chi connectivity index (χ0) is 28.5. The van der Waals surface area contributed by atoms with Crippen LogP contribution in [-0.2, 0) is 22.4 Å². The fraction of sp³-hybridized carbons (Fsp3) is 0.393. The summed E-state index contributed by atoms with van der Waals surface area (Å²) in [4.78, 5) is 41.9. The number of halogens is 3. The van der Waals surface area contributed by atoms with Crippen molar-refractivity contribution in [3.05, 3.63) is 73.4 Å². The Bertz CT molecular complexity index is 1490. The minimum absolute atomic E-state index is 0.106. The number of benzene rings is 2. The van der Waals surface area contributed by atoms with E-state index in [1.165, 1.54) is 6.07 Å². The summed E-state index contributed by atoms with van der Waals surface area (Å²) in [5.74, 6) is -0.853. The molecule has 1 aliphatic heterocycles. The van der Waals surface area contributed by atoms with E-state index in [1.54, 1.807) is 37.8 Å². The standard InChI is InChI=1S/C28H31Cl2FN4O4/c1-15-25-16(9-18(29)12-21(25)30)6-8-35(15)24(36)14-33-23-11-17-10-19(34-26(37)20(17)13-22(23)31)5-7-32-27(38)39-28(2,3)4/h9-13,15,33H,5-8,14H2,1-4H3,(H,32,38)(H,34,37). The average molecular weight is 577 g/mol. The van der Waals surface area contributed by atoms with Crippen LogP contribution in [0.3, 0.4) is 0 Å². The number of ether oxygens (including phenoxy) is 1. The van der Waals surface area contributed by atoms with Crippen molar-refractivity contribution >= 4 is 51.7 Å². The molecule has 208 valence electrons. The maximum Gasteiger partial charge on any atom is 0.407 e. The monoisotopic (exact) mass is 576 g/mol. The van der Waals surface area contributed by atoms with Crippen molar-refractivity contribution in [2.75, 3.05) is 25.0 Å². The van der Waals surface area contributed by atoms with E-state index in [9.17, 15) is 18.8 Å². The molecule has 0 bridgehead atoms. The van der Waals surface area contributed by atoms with Crippen LogP contribution in [0.5, 0.6) is 0 Å². The number of aromatic nitrogens is 1. The Morgan fingerprint density at radius 3 is 2.64 bits per heavy atom. The molecular formula is C28H31Cl2FN4O4. The number of carbonyl (C=O) groups excluding carboxylic acids is 2. The summed E-state index contributed by atoms with van der Waals surface area (Å²) in [5.41, 5.74) is 1.49. The SMILES string of the molecule is CC1c2c(Cl)cc(Cl)cc2CCN1C(=O)CNc1cc2cc(CCNC(=O)OC(C)(C)C)[nH]c(=O)c2cc1F. The molecule has 1 aromatic heterocycles. The molecular weight excluding hydrogens is 546 g/mol. The zero-order valence-corrected chi connectivity index (χ0v) is 23.7.